The number of benzene rings is 1. The van der Waals surface area contributed by atoms with Gasteiger partial charge in [0.1, 0.15) is 0 Å². The summed E-state index contributed by atoms with van der Waals surface area (Å²) < 4.78 is 1.98. The van der Waals surface area contributed by atoms with Crippen LogP contribution in [0.4, 0.5) is 0 Å². The number of nitrogens with zero attached hydrogens (tertiary/aromatic N) is 2. The summed E-state index contributed by atoms with van der Waals surface area (Å²) in [7, 11) is 0. The second-order valence-electron chi connectivity index (χ2n) is 6.08. The number of hydrogen-bond donors (Lipinski definition) is 1. The maximum Gasteiger partial charge on any atom is 0.0851 e. The molecule has 1 aromatic heterocycles. The zero-order valence-corrected chi connectivity index (χ0v) is 13.7. The largest absolute Gasteiger partial charge is 0.388 e. The molecule has 2 atom stereocenters. The van der Waals surface area contributed by atoms with Crippen LogP contribution in [0.1, 0.15) is 60.4 Å². The van der Waals surface area contributed by atoms with E-state index in [0.29, 0.717) is 12.5 Å². The average Bonchev–Trinajstić information content (AvgIpc) is 2.85. The highest BCUT2D eigenvalue weighted by Crippen LogP contribution is 2.26. The number of aromatic nitrogens is 2. The molecule has 0 fully saturated rings. The number of aliphatic hydroxyl groups excluding tert-OH is 1. The van der Waals surface area contributed by atoms with E-state index in [1.54, 1.807) is 0 Å². The molecule has 0 spiro atoms. The molecule has 0 amide bonds. The Balaban J connectivity index is 2.18. The van der Waals surface area contributed by atoms with Crippen molar-refractivity contribution < 1.29 is 5.11 Å². The molecule has 21 heavy (non-hydrogen) atoms. The molecule has 1 aromatic carbocycles. The molecule has 0 saturated heterocycles. The van der Waals surface area contributed by atoms with Crippen LogP contribution in [-0.2, 0) is 6.42 Å². The Bertz CT molecular complexity index is 592. The second-order valence-corrected chi connectivity index (χ2v) is 6.08. The number of aliphatic hydroxyl groups is 1. The molecule has 3 nitrogen and oxygen atoms in total. The molecule has 0 aliphatic carbocycles. The van der Waals surface area contributed by atoms with Gasteiger partial charge in [-0.15, -0.1) is 0 Å². The maximum absolute atomic E-state index is 10.6. The van der Waals surface area contributed by atoms with E-state index >= 15 is 0 Å². The smallest absolute Gasteiger partial charge is 0.0851 e. The molecule has 2 aromatic rings. The molecule has 3 heteroatoms. The fourth-order valence-corrected chi connectivity index (χ4v) is 2.94. The number of aryl methyl sites for hydroxylation is 3. The molecule has 0 radical (unpaired) electrons. The Morgan fingerprint density at radius 1 is 1.19 bits per heavy atom. The van der Waals surface area contributed by atoms with Gasteiger partial charge >= 0.3 is 0 Å². The second kappa shape index (κ2) is 6.44. The summed E-state index contributed by atoms with van der Waals surface area (Å²) in [6.45, 7) is 10.5. The Kier molecular flexibility index (Phi) is 4.84. The summed E-state index contributed by atoms with van der Waals surface area (Å²) in [4.78, 5) is 0. The molecule has 1 N–H and O–H groups in total. The van der Waals surface area contributed by atoms with Crippen molar-refractivity contribution in [3.05, 3.63) is 52.3 Å². The quantitative estimate of drug-likeness (QED) is 0.900. The van der Waals surface area contributed by atoms with E-state index in [-0.39, 0.29) is 0 Å². The molecular weight excluding hydrogens is 260 g/mol. The average molecular weight is 286 g/mol. The van der Waals surface area contributed by atoms with Gasteiger partial charge in [-0.2, -0.15) is 5.10 Å². The van der Waals surface area contributed by atoms with Gasteiger partial charge in [0.25, 0.3) is 0 Å². The highest BCUT2D eigenvalue weighted by Gasteiger charge is 2.16. The first-order valence-electron chi connectivity index (χ1n) is 7.72. The van der Waals surface area contributed by atoms with Crippen LogP contribution in [0.25, 0.3) is 0 Å². The highest BCUT2D eigenvalue weighted by molar-refractivity contribution is 5.39. The lowest BCUT2D eigenvalue weighted by Crippen LogP contribution is -2.09. The van der Waals surface area contributed by atoms with Crippen LogP contribution in [0.15, 0.2) is 24.4 Å². The third kappa shape index (κ3) is 3.53. The SMILES string of the molecule is CCC(C)n1ccc(CC(O)c2c(C)cc(C)cc2C)n1. The van der Waals surface area contributed by atoms with Crippen molar-refractivity contribution in [2.45, 2.75) is 59.6 Å². The van der Waals surface area contributed by atoms with E-state index in [1.165, 1.54) is 5.56 Å². The van der Waals surface area contributed by atoms with Crippen LogP contribution < -0.4 is 0 Å². The van der Waals surface area contributed by atoms with Crippen molar-refractivity contribution in [1.82, 2.24) is 9.78 Å². The lowest BCUT2D eigenvalue weighted by Gasteiger charge is -2.17. The van der Waals surface area contributed by atoms with Crippen molar-refractivity contribution in [3.8, 4) is 0 Å². The minimum absolute atomic E-state index is 0.402. The standard InChI is InChI=1S/C18H26N2O/c1-6-15(5)20-8-7-16(19-20)11-17(21)18-13(3)9-12(2)10-14(18)4/h7-10,15,17,21H,6,11H2,1-5H3. The van der Waals surface area contributed by atoms with Crippen molar-refractivity contribution in [2.24, 2.45) is 0 Å². The fourth-order valence-electron chi connectivity index (χ4n) is 2.94. The molecule has 1 heterocycles. The molecule has 0 saturated carbocycles. The summed E-state index contributed by atoms with van der Waals surface area (Å²) in [6, 6.07) is 6.67. The summed E-state index contributed by atoms with van der Waals surface area (Å²) >= 11 is 0. The van der Waals surface area contributed by atoms with Gasteiger partial charge in [0.2, 0.25) is 0 Å². The topological polar surface area (TPSA) is 38.0 Å². The van der Waals surface area contributed by atoms with Gasteiger partial charge in [-0.05, 0) is 56.9 Å². The van der Waals surface area contributed by atoms with E-state index in [2.05, 4.69) is 51.9 Å². The molecule has 2 unspecified atom stereocenters. The van der Waals surface area contributed by atoms with Crippen molar-refractivity contribution in [1.29, 1.82) is 0 Å². The minimum Gasteiger partial charge on any atom is -0.388 e. The van der Waals surface area contributed by atoms with Crippen LogP contribution in [0.2, 0.25) is 0 Å². The van der Waals surface area contributed by atoms with Crippen LogP contribution in [-0.4, -0.2) is 14.9 Å². The monoisotopic (exact) mass is 286 g/mol. The number of rotatable bonds is 5. The Morgan fingerprint density at radius 3 is 2.38 bits per heavy atom. The van der Waals surface area contributed by atoms with Crippen LogP contribution in [0.3, 0.4) is 0 Å². The van der Waals surface area contributed by atoms with Crippen LogP contribution in [0, 0.1) is 20.8 Å². The molecule has 114 valence electrons. The van der Waals surface area contributed by atoms with Gasteiger partial charge in [0.15, 0.2) is 0 Å². The van der Waals surface area contributed by atoms with Gasteiger partial charge in [0, 0.05) is 18.7 Å². The lowest BCUT2D eigenvalue weighted by atomic mass is 9.93. The summed E-state index contributed by atoms with van der Waals surface area (Å²) in [6.07, 6.45) is 3.13. The first kappa shape index (κ1) is 15.8. The molecule has 0 bridgehead atoms. The van der Waals surface area contributed by atoms with Crippen LogP contribution >= 0.6 is 0 Å². The number of hydrogen-bond acceptors (Lipinski definition) is 2. The fraction of sp³-hybridized carbons (Fsp3) is 0.500. The Hall–Kier alpha value is -1.61. The first-order chi connectivity index (χ1) is 9.92. The third-order valence-corrected chi connectivity index (χ3v) is 4.18. The molecule has 2 rings (SSSR count). The van der Waals surface area contributed by atoms with Crippen molar-refractivity contribution in [2.75, 3.05) is 0 Å². The van der Waals surface area contributed by atoms with Gasteiger partial charge < -0.3 is 5.11 Å². The zero-order chi connectivity index (χ0) is 15.6. The Labute approximate surface area is 127 Å². The molecule has 0 aliphatic heterocycles. The summed E-state index contributed by atoms with van der Waals surface area (Å²) in [5.74, 6) is 0. The predicted molar refractivity (Wildman–Crippen MR) is 86.5 cm³/mol. The van der Waals surface area contributed by atoms with E-state index in [9.17, 15) is 5.11 Å². The van der Waals surface area contributed by atoms with Crippen LogP contribution in [0.5, 0.6) is 0 Å². The zero-order valence-electron chi connectivity index (χ0n) is 13.7. The van der Waals surface area contributed by atoms with Gasteiger partial charge in [-0.25, -0.2) is 0 Å². The Morgan fingerprint density at radius 2 is 1.81 bits per heavy atom. The van der Waals surface area contributed by atoms with Crippen molar-refractivity contribution >= 4 is 0 Å². The predicted octanol–water partition coefficient (Wildman–Crippen LogP) is 4.06. The van der Waals surface area contributed by atoms with Gasteiger partial charge in [-0.1, -0.05) is 24.6 Å². The van der Waals surface area contributed by atoms with Gasteiger partial charge in [0.05, 0.1) is 11.8 Å². The van der Waals surface area contributed by atoms with E-state index in [1.807, 2.05) is 16.9 Å². The maximum atomic E-state index is 10.6. The van der Waals surface area contributed by atoms with E-state index in [0.717, 1.165) is 28.8 Å². The summed E-state index contributed by atoms with van der Waals surface area (Å²) in [5.41, 5.74) is 5.53. The third-order valence-electron chi connectivity index (χ3n) is 4.18. The normalized spacial score (nSPS) is 14.2. The van der Waals surface area contributed by atoms with E-state index in [4.69, 9.17) is 0 Å². The lowest BCUT2D eigenvalue weighted by molar-refractivity contribution is 0.175. The highest BCUT2D eigenvalue weighted by atomic mass is 16.3. The minimum atomic E-state index is -0.495. The van der Waals surface area contributed by atoms with Crippen molar-refractivity contribution in [3.63, 3.8) is 0 Å². The first-order valence-corrected chi connectivity index (χ1v) is 7.72. The molecular formula is C18H26N2O. The van der Waals surface area contributed by atoms with E-state index < -0.39 is 6.10 Å². The molecule has 0 aliphatic rings. The van der Waals surface area contributed by atoms with Gasteiger partial charge in [-0.3, -0.25) is 4.68 Å². The summed E-state index contributed by atoms with van der Waals surface area (Å²) in [5, 5.41) is 15.2.